The molecular formula is C16H25NO3. The van der Waals surface area contributed by atoms with Crippen LogP contribution >= 0.6 is 0 Å². The van der Waals surface area contributed by atoms with Crippen LogP contribution in [0.4, 0.5) is 0 Å². The van der Waals surface area contributed by atoms with Crippen molar-refractivity contribution in [3.05, 3.63) is 36.4 Å². The van der Waals surface area contributed by atoms with E-state index in [4.69, 9.17) is 14.2 Å². The fourth-order valence-corrected chi connectivity index (χ4v) is 1.84. The summed E-state index contributed by atoms with van der Waals surface area (Å²) in [6, 6.07) is 5.85. The maximum absolute atomic E-state index is 5.80. The molecule has 4 nitrogen and oxygen atoms in total. The molecule has 20 heavy (non-hydrogen) atoms. The highest BCUT2D eigenvalue weighted by Crippen LogP contribution is 2.24. The lowest BCUT2D eigenvalue weighted by Gasteiger charge is -2.12. The standard InChI is InChI=1S/C16H25NO3/c1-4-6-14-13-15(19-3)7-8-16(14)20-12-10-17-9-5-11-18-2/h4,7-8,13,17H,1,5-6,9-12H2,2-3H3. The van der Waals surface area contributed by atoms with Gasteiger partial charge in [0.1, 0.15) is 18.1 Å². The molecule has 0 radical (unpaired) electrons. The van der Waals surface area contributed by atoms with Crippen LogP contribution in [0.1, 0.15) is 12.0 Å². The number of allylic oxidation sites excluding steroid dienone is 1. The Morgan fingerprint density at radius 1 is 1.20 bits per heavy atom. The second-order valence-corrected chi connectivity index (χ2v) is 4.41. The van der Waals surface area contributed by atoms with Crippen LogP contribution < -0.4 is 14.8 Å². The molecule has 0 aliphatic heterocycles. The molecule has 0 amide bonds. The Morgan fingerprint density at radius 2 is 2.05 bits per heavy atom. The topological polar surface area (TPSA) is 39.7 Å². The molecule has 1 aromatic carbocycles. The van der Waals surface area contributed by atoms with Gasteiger partial charge in [0, 0.05) is 25.8 Å². The molecule has 1 N–H and O–H groups in total. The van der Waals surface area contributed by atoms with E-state index in [9.17, 15) is 0 Å². The molecule has 0 spiro atoms. The number of ether oxygens (including phenoxy) is 3. The van der Waals surface area contributed by atoms with E-state index in [0.717, 1.165) is 49.6 Å². The maximum Gasteiger partial charge on any atom is 0.123 e. The van der Waals surface area contributed by atoms with Crippen molar-refractivity contribution in [3.63, 3.8) is 0 Å². The van der Waals surface area contributed by atoms with E-state index in [1.165, 1.54) is 0 Å². The Hall–Kier alpha value is -1.52. The monoisotopic (exact) mass is 279 g/mol. The summed E-state index contributed by atoms with van der Waals surface area (Å²) in [5.41, 5.74) is 1.10. The highest BCUT2D eigenvalue weighted by Gasteiger charge is 2.04. The zero-order valence-corrected chi connectivity index (χ0v) is 12.5. The van der Waals surface area contributed by atoms with Gasteiger partial charge >= 0.3 is 0 Å². The van der Waals surface area contributed by atoms with E-state index in [0.29, 0.717) is 6.61 Å². The van der Waals surface area contributed by atoms with Crippen LogP contribution in [-0.4, -0.2) is 40.5 Å². The van der Waals surface area contributed by atoms with Gasteiger partial charge in [0.25, 0.3) is 0 Å². The Kier molecular flexibility index (Phi) is 8.51. The van der Waals surface area contributed by atoms with Gasteiger partial charge in [-0.1, -0.05) is 6.08 Å². The van der Waals surface area contributed by atoms with E-state index in [1.54, 1.807) is 14.2 Å². The Morgan fingerprint density at radius 3 is 2.75 bits per heavy atom. The molecule has 1 aromatic rings. The van der Waals surface area contributed by atoms with Crippen LogP contribution in [0.15, 0.2) is 30.9 Å². The number of hydrogen-bond donors (Lipinski definition) is 1. The summed E-state index contributed by atoms with van der Waals surface area (Å²) in [4.78, 5) is 0. The van der Waals surface area contributed by atoms with Crippen molar-refractivity contribution < 1.29 is 14.2 Å². The molecule has 4 heteroatoms. The zero-order valence-electron chi connectivity index (χ0n) is 12.5. The van der Waals surface area contributed by atoms with Gasteiger partial charge in [-0.25, -0.2) is 0 Å². The third-order valence-electron chi connectivity index (χ3n) is 2.87. The van der Waals surface area contributed by atoms with E-state index in [-0.39, 0.29) is 0 Å². The van der Waals surface area contributed by atoms with Crippen molar-refractivity contribution in [1.29, 1.82) is 0 Å². The lowest BCUT2D eigenvalue weighted by atomic mass is 10.1. The largest absolute Gasteiger partial charge is 0.497 e. The van der Waals surface area contributed by atoms with Crippen LogP contribution in [0.3, 0.4) is 0 Å². The minimum atomic E-state index is 0.642. The van der Waals surface area contributed by atoms with Crippen molar-refractivity contribution in [3.8, 4) is 11.5 Å². The fourth-order valence-electron chi connectivity index (χ4n) is 1.84. The molecule has 0 heterocycles. The molecule has 0 unspecified atom stereocenters. The lowest BCUT2D eigenvalue weighted by molar-refractivity contribution is 0.193. The third-order valence-corrected chi connectivity index (χ3v) is 2.87. The molecule has 0 aromatic heterocycles. The second kappa shape index (κ2) is 10.3. The highest BCUT2D eigenvalue weighted by molar-refractivity contribution is 5.41. The lowest BCUT2D eigenvalue weighted by Crippen LogP contribution is -2.23. The number of methoxy groups -OCH3 is 2. The summed E-state index contributed by atoms with van der Waals surface area (Å²) < 4.78 is 16.0. The van der Waals surface area contributed by atoms with Gasteiger partial charge in [-0.15, -0.1) is 6.58 Å². The summed E-state index contributed by atoms with van der Waals surface area (Å²) in [6.45, 7) is 6.97. The van der Waals surface area contributed by atoms with Gasteiger partial charge < -0.3 is 19.5 Å². The van der Waals surface area contributed by atoms with Gasteiger partial charge in [0.2, 0.25) is 0 Å². The van der Waals surface area contributed by atoms with Gasteiger partial charge in [-0.05, 0) is 37.6 Å². The zero-order chi connectivity index (χ0) is 14.6. The summed E-state index contributed by atoms with van der Waals surface area (Å²) in [7, 11) is 3.38. The van der Waals surface area contributed by atoms with Gasteiger partial charge in [0.05, 0.1) is 7.11 Å². The molecule has 0 saturated carbocycles. The third kappa shape index (κ3) is 6.08. The smallest absolute Gasteiger partial charge is 0.123 e. The van der Waals surface area contributed by atoms with Crippen LogP contribution in [-0.2, 0) is 11.2 Å². The van der Waals surface area contributed by atoms with E-state index >= 15 is 0 Å². The highest BCUT2D eigenvalue weighted by atomic mass is 16.5. The van der Waals surface area contributed by atoms with Crippen molar-refractivity contribution >= 4 is 0 Å². The van der Waals surface area contributed by atoms with Crippen molar-refractivity contribution in [1.82, 2.24) is 5.32 Å². The molecule has 112 valence electrons. The van der Waals surface area contributed by atoms with Crippen LogP contribution in [0.5, 0.6) is 11.5 Å². The minimum absolute atomic E-state index is 0.642. The molecular weight excluding hydrogens is 254 g/mol. The maximum atomic E-state index is 5.80. The molecule has 0 aliphatic rings. The van der Waals surface area contributed by atoms with Gasteiger partial charge in [-0.2, -0.15) is 0 Å². The summed E-state index contributed by atoms with van der Waals surface area (Å²) in [5, 5.41) is 3.31. The quantitative estimate of drug-likeness (QED) is 0.499. The van der Waals surface area contributed by atoms with Crippen LogP contribution in [0.25, 0.3) is 0 Å². The van der Waals surface area contributed by atoms with Gasteiger partial charge in [-0.3, -0.25) is 0 Å². The summed E-state index contributed by atoms with van der Waals surface area (Å²) in [5.74, 6) is 1.73. The van der Waals surface area contributed by atoms with E-state index in [1.807, 2.05) is 24.3 Å². The summed E-state index contributed by atoms with van der Waals surface area (Å²) >= 11 is 0. The van der Waals surface area contributed by atoms with Crippen molar-refractivity contribution in [2.75, 3.05) is 40.5 Å². The van der Waals surface area contributed by atoms with Crippen LogP contribution in [0.2, 0.25) is 0 Å². The Balaban J connectivity index is 2.36. The fraction of sp³-hybridized carbons (Fsp3) is 0.500. The molecule has 0 aliphatic carbocycles. The average Bonchev–Trinajstić information content (AvgIpc) is 2.47. The Bertz CT molecular complexity index is 393. The number of rotatable bonds is 11. The normalized spacial score (nSPS) is 10.3. The predicted octanol–water partition coefficient (Wildman–Crippen LogP) is 2.43. The molecule has 0 fully saturated rings. The first kappa shape index (κ1) is 16.5. The molecule has 0 saturated heterocycles. The first-order chi connectivity index (χ1) is 9.81. The number of hydrogen-bond acceptors (Lipinski definition) is 4. The molecule has 0 atom stereocenters. The second-order valence-electron chi connectivity index (χ2n) is 4.41. The van der Waals surface area contributed by atoms with E-state index < -0.39 is 0 Å². The molecule has 1 rings (SSSR count). The van der Waals surface area contributed by atoms with Gasteiger partial charge in [0.15, 0.2) is 0 Å². The number of nitrogens with one attached hydrogen (secondary N) is 1. The van der Waals surface area contributed by atoms with Crippen molar-refractivity contribution in [2.45, 2.75) is 12.8 Å². The first-order valence-electron chi connectivity index (χ1n) is 6.92. The predicted molar refractivity (Wildman–Crippen MR) is 81.8 cm³/mol. The van der Waals surface area contributed by atoms with E-state index in [2.05, 4.69) is 11.9 Å². The SMILES string of the molecule is C=CCc1cc(OC)ccc1OCCNCCCOC. The average molecular weight is 279 g/mol. The Labute approximate surface area is 121 Å². The van der Waals surface area contributed by atoms with Crippen LogP contribution in [0, 0.1) is 0 Å². The summed E-state index contributed by atoms with van der Waals surface area (Å²) in [6.07, 6.45) is 3.65. The minimum Gasteiger partial charge on any atom is -0.497 e. The first-order valence-corrected chi connectivity index (χ1v) is 6.92. The molecule has 0 bridgehead atoms. The van der Waals surface area contributed by atoms with Crippen molar-refractivity contribution in [2.24, 2.45) is 0 Å². The number of benzene rings is 1.